The Labute approximate surface area is 376 Å². The summed E-state index contributed by atoms with van der Waals surface area (Å²) in [5, 5.41) is 0. The van der Waals surface area contributed by atoms with Crippen LogP contribution in [0.5, 0.6) is 0 Å². The number of hydrogen-bond acceptors (Lipinski definition) is 10. The maximum Gasteiger partial charge on any atom is 0.306 e. The fraction of sp³-hybridized carbons (Fsp3) is 0.700. The topological polar surface area (TPSA) is 141 Å². The summed E-state index contributed by atoms with van der Waals surface area (Å²) in [7, 11) is 1.01. The van der Waals surface area contributed by atoms with Crippen LogP contribution in [0.2, 0.25) is 0 Å². The first-order valence-corrected chi connectivity index (χ1v) is 25.1. The molecule has 0 bridgehead atoms. The number of rotatable bonds is 39. The molecule has 354 valence electrons. The number of carbonyl (C=O) groups is 3. The molecular formula is C50H84NO10P. The number of phosphoric acid groups is 1. The van der Waals surface area contributed by atoms with Crippen LogP contribution in [0.4, 0.5) is 0 Å². The summed E-state index contributed by atoms with van der Waals surface area (Å²) >= 11 is 0. The van der Waals surface area contributed by atoms with Gasteiger partial charge in [-0.25, -0.2) is 0 Å². The summed E-state index contributed by atoms with van der Waals surface area (Å²) in [4.78, 5) is 50.0. The van der Waals surface area contributed by atoms with Gasteiger partial charge >= 0.3 is 11.9 Å². The minimum absolute atomic E-state index is 0.0214. The summed E-state index contributed by atoms with van der Waals surface area (Å²) in [6, 6.07) is 0. The second-order valence-corrected chi connectivity index (χ2v) is 18.8. The van der Waals surface area contributed by atoms with Crippen LogP contribution in [-0.4, -0.2) is 75.8 Å². The highest BCUT2D eigenvalue weighted by Crippen LogP contribution is 2.38. The first kappa shape index (κ1) is 56.9. The number of unbranched alkanes of at least 4 members (excludes halogenated alkanes) is 12. The van der Waals surface area contributed by atoms with Crippen molar-refractivity contribution in [3.8, 4) is 0 Å². The van der Waals surface area contributed by atoms with E-state index in [9.17, 15) is 23.8 Å². The van der Waals surface area contributed by atoms with Gasteiger partial charge < -0.3 is 32.3 Å². The van der Waals surface area contributed by atoms with Gasteiger partial charge in [-0.15, -0.1) is 0 Å². The fourth-order valence-electron chi connectivity index (χ4n) is 6.49. The SMILES string of the molecule is CCCCC/C=C\C/C=C\C/C=C\C=C\C(=O)CCCC(=O)OC[C@H](COP(=O)([O-])OCC[N+](C)(C)C)OC(=O)CCCCCCCCCCc1oc(CCCCC)c(C)c1C. The van der Waals surface area contributed by atoms with Crippen molar-refractivity contribution < 1.29 is 51.3 Å². The summed E-state index contributed by atoms with van der Waals surface area (Å²) in [5.41, 5.74) is 2.63. The molecule has 11 nitrogen and oxygen atoms in total. The predicted octanol–water partition coefficient (Wildman–Crippen LogP) is 11.7. The van der Waals surface area contributed by atoms with Crippen LogP contribution >= 0.6 is 7.82 Å². The van der Waals surface area contributed by atoms with Crippen molar-refractivity contribution in [1.82, 2.24) is 0 Å². The molecule has 0 fully saturated rings. The Balaban J connectivity index is 2.43. The van der Waals surface area contributed by atoms with E-state index in [1.807, 2.05) is 33.3 Å². The largest absolute Gasteiger partial charge is 0.756 e. The number of esters is 2. The molecule has 2 atom stereocenters. The van der Waals surface area contributed by atoms with E-state index in [1.54, 1.807) is 6.08 Å². The van der Waals surface area contributed by atoms with Crippen LogP contribution in [0, 0.1) is 13.8 Å². The highest BCUT2D eigenvalue weighted by Gasteiger charge is 2.22. The number of allylic oxidation sites excluding steroid dienone is 8. The number of carbonyl (C=O) groups excluding carboxylic acids is 3. The molecule has 0 radical (unpaired) electrons. The quantitative estimate of drug-likeness (QED) is 0.0119. The molecule has 0 amide bonds. The lowest BCUT2D eigenvalue weighted by atomic mass is 10.0. The normalized spacial score (nSPS) is 13.8. The van der Waals surface area contributed by atoms with Crippen molar-refractivity contribution >= 4 is 25.5 Å². The van der Waals surface area contributed by atoms with Crippen LogP contribution in [0.25, 0.3) is 0 Å². The number of ketones is 1. The molecule has 62 heavy (non-hydrogen) atoms. The van der Waals surface area contributed by atoms with Crippen LogP contribution < -0.4 is 4.89 Å². The van der Waals surface area contributed by atoms with Gasteiger partial charge in [0.15, 0.2) is 11.9 Å². The zero-order valence-corrected chi connectivity index (χ0v) is 40.7. The molecule has 1 rings (SSSR count). The van der Waals surface area contributed by atoms with Crippen molar-refractivity contribution in [3.63, 3.8) is 0 Å². The van der Waals surface area contributed by atoms with Gasteiger partial charge in [0, 0.05) is 32.1 Å². The summed E-state index contributed by atoms with van der Waals surface area (Å²) in [6.45, 7) is 8.20. The lowest BCUT2D eigenvalue weighted by molar-refractivity contribution is -0.870. The lowest BCUT2D eigenvalue weighted by Gasteiger charge is -2.28. The van der Waals surface area contributed by atoms with Gasteiger partial charge in [-0.2, -0.15) is 0 Å². The Kier molecular flexibility index (Phi) is 32.4. The van der Waals surface area contributed by atoms with E-state index in [0.717, 1.165) is 88.6 Å². The van der Waals surface area contributed by atoms with E-state index in [-0.39, 0.29) is 44.7 Å². The number of nitrogens with zero attached hydrogens (tertiary/aromatic N) is 1. The maximum atomic E-state index is 12.8. The number of phosphoric ester groups is 1. The number of likely N-dealkylation sites (N-methyl/N-ethyl adjacent to an activating group) is 1. The third-order valence-electron chi connectivity index (χ3n) is 10.5. The van der Waals surface area contributed by atoms with Gasteiger partial charge in [0.05, 0.1) is 27.7 Å². The molecule has 1 aromatic rings. The zero-order chi connectivity index (χ0) is 45.9. The predicted molar refractivity (Wildman–Crippen MR) is 249 cm³/mol. The maximum absolute atomic E-state index is 12.8. The molecule has 0 aliphatic carbocycles. The molecule has 1 unspecified atom stereocenters. The molecule has 0 saturated carbocycles. The fourth-order valence-corrected chi connectivity index (χ4v) is 7.22. The number of aryl methyl sites for hydroxylation is 2. The van der Waals surface area contributed by atoms with E-state index in [4.69, 9.17) is 22.9 Å². The zero-order valence-electron chi connectivity index (χ0n) is 39.8. The molecule has 0 saturated heterocycles. The van der Waals surface area contributed by atoms with Gasteiger partial charge in [0.2, 0.25) is 0 Å². The van der Waals surface area contributed by atoms with Crippen molar-refractivity contribution in [2.75, 3.05) is 47.5 Å². The minimum Gasteiger partial charge on any atom is -0.756 e. The highest BCUT2D eigenvalue weighted by atomic mass is 31.2. The van der Waals surface area contributed by atoms with Gasteiger partial charge in [0.1, 0.15) is 31.3 Å². The minimum atomic E-state index is -4.70. The van der Waals surface area contributed by atoms with E-state index in [2.05, 4.69) is 52.0 Å². The Morgan fingerprint density at radius 2 is 1.23 bits per heavy atom. The number of furan rings is 1. The monoisotopic (exact) mass is 890 g/mol. The second-order valence-electron chi connectivity index (χ2n) is 17.4. The van der Waals surface area contributed by atoms with Crippen molar-refractivity contribution in [2.24, 2.45) is 0 Å². The van der Waals surface area contributed by atoms with Gasteiger partial charge in [-0.1, -0.05) is 121 Å². The smallest absolute Gasteiger partial charge is 0.306 e. The summed E-state index contributed by atoms with van der Waals surface area (Å²) < 4.78 is 40.0. The highest BCUT2D eigenvalue weighted by molar-refractivity contribution is 7.45. The van der Waals surface area contributed by atoms with Crippen LogP contribution in [-0.2, 0) is 50.3 Å². The third-order valence-corrected chi connectivity index (χ3v) is 11.5. The van der Waals surface area contributed by atoms with E-state index < -0.39 is 32.5 Å². The van der Waals surface area contributed by atoms with Crippen LogP contribution in [0.3, 0.4) is 0 Å². The van der Waals surface area contributed by atoms with Crippen molar-refractivity contribution in [3.05, 3.63) is 71.3 Å². The van der Waals surface area contributed by atoms with E-state index in [0.29, 0.717) is 17.4 Å². The third kappa shape index (κ3) is 31.7. The Hall–Kier alpha value is -3.08. The van der Waals surface area contributed by atoms with Crippen LogP contribution in [0.1, 0.15) is 171 Å². The number of ether oxygens (including phenoxy) is 2. The molecule has 12 heteroatoms. The first-order chi connectivity index (χ1) is 29.7. The van der Waals surface area contributed by atoms with E-state index in [1.165, 1.54) is 55.7 Å². The Morgan fingerprint density at radius 1 is 0.661 bits per heavy atom. The van der Waals surface area contributed by atoms with Gasteiger partial charge in [-0.3, -0.25) is 18.9 Å². The molecule has 0 N–H and O–H groups in total. The van der Waals surface area contributed by atoms with E-state index >= 15 is 0 Å². The lowest BCUT2D eigenvalue weighted by Crippen LogP contribution is -2.37. The van der Waals surface area contributed by atoms with Crippen molar-refractivity contribution in [1.29, 1.82) is 0 Å². The Morgan fingerprint density at radius 3 is 1.87 bits per heavy atom. The standard InChI is InChI=1S/C50H84NO10P/c1-8-10-12-13-14-15-16-17-18-19-22-25-29-33-45(52)34-32-38-49(53)57-41-46(42-59-62(55,56)58-40-39-51(5,6)7)60-50(54)37-31-27-24-21-20-23-26-30-36-48-44(4)43(3)47(61-48)35-28-11-9-2/h14-15,17-18,22,25,29,33,46H,8-13,16,19-21,23-24,26-28,30-32,34-42H2,1-7H3/b15-14-,18-17-,25-22-,33-29+/t46-/m1/s1. The van der Waals surface area contributed by atoms with Crippen LogP contribution in [0.15, 0.2) is 53.0 Å². The van der Waals surface area contributed by atoms with Crippen molar-refractivity contribution in [2.45, 2.75) is 181 Å². The average molecular weight is 890 g/mol. The first-order valence-electron chi connectivity index (χ1n) is 23.7. The molecule has 0 aliphatic rings. The molecule has 1 aromatic heterocycles. The van der Waals surface area contributed by atoms with Gasteiger partial charge in [0.25, 0.3) is 7.82 Å². The number of quaternary nitrogens is 1. The molecule has 0 aromatic carbocycles. The summed E-state index contributed by atoms with van der Waals surface area (Å²) in [5.74, 6) is 1.08. The van der Waals surface area contributed by atoms with Gasteiger partial charge in [-0.05, 0) is 82.4 Å². The second kappa shape index (κ2) is 35.3. The Bertz CT molecular complexity index is 1540. The molecule has 0 aliphatic heterocycles. The molecule has 0 spiro atoms. The molecule has 1 heterocycles. The molecular weight excluding hydrogens is 806 g/mol. The average Bonchev–Trinajstić information content (AvgIpc) is 3.48. The number of hydrogen-bond donors (Lipinski definition) is 0. The summed E-state index contributed by atoms with van der Waals surface area (Å²) in [6.07, 6.45) is 35.4.